The van der Waals surface area contributed by atoms with Crippen molar-refractivity contribution >= 4 is 5.97 Å². The number of carbonyl (C=O) groups is 1. The topological polar surface area (TPSA) is 49.8 Å². The SMILES string of the molecule is COc1cccc(C(C(=O)O)N2CCCCCCC2)c1. The summed E-state index contributed by atoms with van der Waals surface area (Å²) >= 11 is 0. The highest BCUT2D eigenvalue weighted by Crippen LogP contribution is 2.26. The summed E-state index contributed by atoms with van der Waals surface area (Å²) in [4.78, 5) is 13.8. The summed E-state index contributed by atoms with van der Waals surface area (Å²) in [6.45, 7) is 1.71. The van der Waals surface area contributed by atoms with Crippen LogP contribution >= 0.6 is 0 Å². The highest BCUT2D eigenvalue weighted by molar-refractivity contribution is 5.75. The number of carboxylic acids is 1. The molecule has 1 aromatic rings. The van der Waals surface area contributed by atoms with Crippen molar-refractivity contribution in [2.45, 2.75) is 38.1 Å². The summed E-state index contributed by atoms with van der Waals surface area (Å²) in [7, 11) is 1.60. The van der Waals surface area contributed by atoms with E-state index < -0.39 is 12.0 Å². The van der Waals surface area contributed by atoms with Crippen LogP contribution in [0.3, 0.4) is 0 Å². The molecule has 0 bridgehead atoms. The highest BCUT2D eigenvalue weighted by Gasteiger charge is 2.27. The lowest BCUT2D eigenvalue weighted by molar-refractivity contribution is -0.143. The third kappa shape index (κ3) is 3.73. The van der Waals surface area contributed by atoms with E-state index in [0.29, 0.717) is 5.75 Å². The first-order valence-corrected chi connectivity index (χ1v) is 7.33. The first-order valence-electron chi connectivity index (χ1n) is 7.33. The van der Waals surface area contributed by atoms with Gasteiger partial charge in [-0.2, -0.15) is 0 Å². The fourth-order valence-electron chi connectivity index (χ4n) is 2.85. The third-order valence-electron chi connectivity index (χ3n) is 3.90. The standard InChI is InChI=1S/C16H23NO3/c1-20-14-9-7-8-13(12-14)15(16(18)19)17-10-5-3-2-4-6-11-17/h7-9,12,15H,2-6,10-11H2,1H3,(H,18,19). The van der Waals surface area contributed by atoms with E-state index in [-0.39, 0.29) is 0 Å². The van der Waals surface area contributed by atoms with Gasteiger partial charge in [-0.25, -0.2) is 0 Å². The van der Waals surface area contributed by atoms with Crippen molar-refractivity contribution in [3.8, 4) is 5.75 Å². The van der Waals surface area contributed by atoms with Crippen molar-refractivity contribution in [2.75, 3.05) is 20.2 Å². The van der Waals surface area contributed by atoms with Crippen LogP contribution in [0.2, 0.25) is 0 Å². The zero-order chi connectivity index (χ0) is 14.4. The minimum Gasteiger partial charge on any atom is -0.497 e. The zero-order valence-corrected chi connectivity index (χ0v) is 12.0. The van der Waals surface area contributed by atoms with Crippen LogP contribution < -0.4 is 4.74 Å². The molecule has 0 radical (unpaired) electrons. The summed E-state index contributed by atoms with van der Waals surface area (Å²) in [6.07, 6.45) is 5.81. The molecule has 0 amide bonds. The van der Waals surface area contributed by atoms with Gasteiger partial charge in [0.1, 0.15) is 11.8 Å². The number of rotatable bonds is 4. The van der Waals surface area contributed by atoms with Gasteiger partial charge in [0.2, 0.25) is 0 Å². The molecule has 1 heterocycles. The first kappa shape index (κ1) is 14.9. The van der Waals surface area contributed by atoms with E-state index in [1.54, 1.807) is 7.11 Å². The Labute approximate surface area is 120 Å². The van der Waals surface area contributed by atoms with E-state index in [1.807, 2.05) is 24.3 Å². The minimum absolute atomic E-state index is 0.566. The Morgan fingerprint density at radius 2 is 1.85 bits per heavy atom. The molecular weight excluding hydrogens is 254 g/mol. The predicted molar refractivity (Wildman–Crippen MR) is 78.0 cm³/mol. The molecule has 0 aromatic heterocycles. The zero-order valence-electron chi connectivity index (χ0n) is 12.0. The number of aliphatic carboxylic acids is 1. The number of nitrogens with zero attached hydrogens (tertiary/aromatic N) is 1. The first-order chi connectivity index (χ1) is 9.72. The largest absolute Gasteiger partial charge is 0.497 e. The van der Waals surface area contributed by atoms with Gasteiger partial charge in [0.05, 0.1) is 7.11 Å². The van der Waals surface area contributed by atoms with Crippen molar-refractivity contribution in [1.82, 2.24) is 4.90 Å². The van der Waals surface area contributed by atoms with Gasteiger partial charge < -0.3 is 9.84 Å². The van der Waals surface area contributed by atoms with Crippen LogP contribution in [0.4, 0.5) is 0 Å². The molecule has 1 N–H and O–H groups in total. The van der Waals surface area contributed by atoms with Gasteiger partial charge in [0.15, 0.2) is 0 Å². The van der Waals surface area contributed by atoms with Crippen LogP contribution in [0.5, 0.6) is 5.75 Å². The molecule has 2 rings (SSSR count). The van der Waals surface area contributed by atoms with Crippen molar-refractivity contribution in [3.63, 3.8) is 0 Å². The number of hydrogen-bond acceptors (Lipinski definition) is 3. The van der Waals surface area contributed by atoms with Gasteiger partial charge in [-0.3, -0.25) is 9.69 Å². The molecule has 20 heavy (non-hydrogen) atoms. The van der Waals surface area contributed by atoms with Gasteiger partial charge in [0, 0.05) is 0 Å². The molecule has 4 nitrogen and oxygen atoms in total. The molecule has 0 aliphatic carbocycles. The monoisotopic (exact) mass is 277 g/mol. The van der Waals surface area contributed by atoms with Crippen LogP contribution in [0.1, 0.15) is 43.7 Å². The molecule has 0 spiro atoms. The van der Waals surface area contributed by atoms with Crippen molar-refractivity contribution in [2.24, 2.45) is 0 Å². The van der Waals surface area contributed by atoms with Crippen molar-refractivity contribution in [3.05, 3.63) is 29.8 Å². The normalized spacial score (nSPS) is 18.9. The number of methoxy groups -OCH3 is 1. The number of hydrogen-bond donors (Lipinski definition) is 1. The van der Waals surface area contributed by atoms with E-state index in [9.17, 15) is 9.90 Å². The molecule has 1 fully saturated rings. The number of likely N-dealkylation sites (tertiary alicyclic amines) is 1. The van der Waals surface area contributed by atoms with Crippen molar-refractivity contribution in [1.29, 1.82) is 0 Å². The van der Waals surface area contributed by atoms with Gasteiger partial charge in [0.25, 0.3) is 0 Å². The molecule has 110 valence electrons. The van der Waals surface area contributed by atoms with Crippen molar-refractivity contribution < 1.29 is 14.6 Å². The summed E-state index contributed by atoms with van der Waals surface area (Å²) < 4.78 is 5.21. The Morgan fingerprint density at radius 1 is 1.20 bits per heavy atom. The van der Waals surface area contributed by atoms with Crippen LogP contribution in [-0.2, 0) is 4.79 Å². The molecule has 1 saturated heterocycles. The van der Waals surface area contributed by atoms with Crippen LogP contribution in [0.25, 0.3) is 0 Å². The summed E-state index contributed by atoms with van der Waals surface area (Å²) in [6, 6.07) is 6.84. The van der Waals surface area contributed by atoms with E-state index in [4.69, 9.17) is 4.74 Å². The Kier molecular flexibility index (Phi) is 5.41. The quantitative estimate of drug-likeness (QED) is 0.919. The fourth-order valence-corrected chi connectivity index (χ4v) is 2.85. The lowest BCUT2D eigenvalue weighted by Gasteiger charge is -2.30. The van der Waals surface area contributed by atoms with Crippen LogP contribution in [0, 0.1) is 0 Å². The van der Waals surface area contributed by atoms with Gasteiger partial charge in [-0.1, -0.05) is 31.4 Å². The van der Waals surface area contributed by atoms with Gasteiger partial charge in [-0.05, 0) is 43.6 Å². The van der Waals surface area contributed by atoms with Crippen LogP contribution in [0.15, 0.2) is 24.3 Å². The second kappa shape index (κ2) is 7.29. The summed E-state index contributed by atoms with van der Waals surface area (Å²) in [5, 5.41) is 9.62. The van der Waals surface area contributed by atoms with Gasteiger partial charge in [-0.15, -0.1) is 0 Å². The average Bonchev–Trinajstić information content (AvgIpc) is 2.41. The molecule has 1 atom stereocenters. The molecule has 1 aliphatic rings. The Hall–Kier alpha value is -1.55. The maximum absolute atomic E-state index is 11.7. The second-order valence-corrected chi connectivity index (χ2v) is 5.32. The predicted octanol–water partition coefficient (Wildman–Crippen LogP) is 3.09. The number of benzene rings is 1. The highest BCUT2D eigenvalue weighted by atomic mass is 16.5. The molecule has 1 aliphatic heterocycles. The Balaban J connectivity index is 2.22. The van der Waals surface area contributed by atoms with Crippen LogP contribution in [-0.4, -0.2) is 36.2 Å². The number of ether oxygens (including phenoxy) is 1. The maximum atomic E-state index is 11.7. The fraction of sp³-hybridized carbons (Fsp3) is 0.562. The minimum atomic E-state index is -0.779. The van der Waals surface area contributed by atoms with E-state index in [2.05, 4.69) is 4.90 Å². The smallest absolute Gasteiger partial charge is 0.325 e. The lowest BCUT2D eigenvalue weighted by Crippen LogP contribution is -2.36. The molecular formula is C16H23NO3. The lowest BCUT2D eigenvalue weighted by atomic mass is 10.0. The average molecular weight is 277 g/mol. The Morgan fingerprint density at radius 3 is 2.45 bits per heavy atom. The summed E-state index contributed by atoms with van der Waals surface area (Å²) in [5.74, 6) is -0.0698. The molecule has 4 heteroatoms. The molecule has 1 aromatic carbocycles. The Bertz CT molecular complexity index is 439. The molecule has 0 saturated carbocycles. The maximum Gasteiger partial charge on any atom is 0.325 e. The summed E-state index contributed by atoms with van der Waals surface area (Å²) in [5.41, 5.74) is 0.803. The second-order valence-electron chi connectivity index (χ2n) is 5.32. The number of carboxylic acid groups (broad SMARTS) is 1. The third-order valence-corrected chi connectivity index (χ3v) is 3.90. The van der Waals surface area contributed by atoms with E-state index in [0.717, 1.165) is 31.5 Å². The van der Waals surface area contributed by atoms with E-state index in [1.165, 1.54) is 19.3 Å². The van der Waals surface area contributed by atoms with E-state index >= 15 is 0 Å². The van der Waals surface area contributed by atoms with Gasteiger partial charge >= 0.3 is 5.97 Å². The molecule has 1 unspecified atom stereocenters.